The molecule has 148 valence electrons. The Hall–Kier alpha value is -3.61. The van der Waals surface area contributed by atoms with Crippen molar-refractivity contribution < 1.29 is 14.3 Å². The average molecular weight is 391 g/mol. The van der Waals surface area contributed by atoms with Gasteiger partial charge in [-0.15, -0.1) is 0 Å². The molecule has 7 nitrogen and oxygen atoms in total. The van der Waals surface area contributed by atoms with Crippen molar-refractivity contribution in [3.05, 3.63) is 70.5 Å². The topological polar surface area (TPSA) is 73.7 Å². The minimum atomic E-state index is -0.330. The molecule has 4 rings (SSSR count). The SMILES string of the molecule is CCN(C(=O)Cn1nc(-c2ccc3c(c2)OCO3)ccc1=O)c1cccc(C)c1. The van der Waals surface area contributed by atoms with Gasteiger partial charge in [0, 0.05) is 23.9 Å². The molecule has 7 heteroatoms. The maximum absolute atomic E-state index is 12.9. The molecule has 0 spiro atoms. The molecule has 0 radical (unpaired) electrons. The number of aromatic nitrogens is 2. The summed E-state index contributed by atoms with van der Waals surface area (Å²) in [6.45, 7) is 4.42. The van der Waals surface area contributed by atoms with E-state index in [0.29, 0.717) is 23.7 Å². The minimum absolute atomic E-state index is 0.140. The number of ether oxygens (including phenoxy) is 2. The zero-order valence-electron chi connectivity index (χ0n) is 16.3. The molecule has 1 aliphatic heterocycles. The van der Waals surface area contributed by atoms with E-state index in [0.717, 1.165) is 16.8 Å². The standard InChI is InChI=1S/C22H21N3O4/c1-3-24(17-6-4-5-15(2)11-17)22(27)13-25-21(26)10-8-18(23-25)16-7-9-19-20(12-16)29-14-28-19/h4-12H,3,13-14H2,1-2H3. The summed E-state index contributed by atoms with van der Waals surface area (Å²) in [5.74, 6) is 1.11. The van der Waals surface area contributed by atoms with Gasteiger partial charge in [0.25, 0.3) is 5.56 Å². The summed E-state index contributed by atoms with van der Waals surface area (Å²) in [6, 6.07) is 16.2. The predicted molar refractivity (Wildman–Crippen MR) is 109 cm³/mol. The smallest absolute Gasteiger partial charge is 0.267 e. The summed E-state index contributed by atoms with van der Waals surface area (Å²) < 4.78 is 11.9. The van der Waals surface area contributed by atoms with Crippen molar-refractivity contribution in [2.45, 2.75) is 20.4 Å². The van der Waals surface area contributed by atoms with E-state index < -0.39 is 0 Å². The Morgan fingerprint density at radius 2 is 1.93 bits per heavy atom. The number of rotatable bonds is 5. The van der Waals surface area contributed by atoms with Crippen LogP contribution in [-0.2, 0) is 11.3 Å². The Balaban J connectivity index is 1.61. The van der Waals surface area contributed by atoms with Gasteiger partial charge in [-0.05, 0) is 55.8 Å². The van der Waals surface area contributed by atoms with Gasteiger partial charge in [-0.2, -0.15) is 5.10 Å². The second-order valence-corrected chi connectivity index (χ2v) is 6.76. The van der Waals surface area contributed by atoms with Gasteiger partial charge in [0.05, 0.1) is 5.69 Å². The quantitative estimate of drug-likeness (QED) is 0.669. The zero-order chi connectivity index (χ0) is 20.4. The summed E-state index contributed by atoms with van der Waals surface area (Å²) in [5.41, 5.74) is 2.89. The molecule has 1 aromatic heterocycles. The van der Waals surface area contributed by atoms with Crippen LogP contribution >= 0.6 is 0 Å². The lowest BCUT2D eigenvalue weighted by atomic mass is 10.1. The third-order valence-electron chi connectivity index (χ3n) is 4.75. The van der Waals surface area contributed by atoms with E-state index >= 15 is 0 Å². The number of hydrogen-bond acceptors (Lipinski definition) is 5. The van der Waals surface area contributed by atoms with Crippen molar-refractivity contribution >= 4 is 11.6 Å². The van der Waals surface area contributed by atoms with Crippen molar-refractivity contribution in [2.75, 3.05) is 18.2 Å². The number of fused-ring (bicyclic) bond motifs is 1. The molecular formula is C22H21N3O4. The van der Waals surface area contributed by atoms with Crippen molar-refractivity contribution in [3.63, 3.8) is 0 Å². The van der Waals surface area contributed by atoms with Crippen LogP contribution in [0.3, 0.4) is 0 Å². The lowest BCUT2D eigenvalue weighted by Crippen LogP contribution is -2.37. The first-order valence-electron chi connectivity index (χ1n) is 9.40. The van der Waals surface area contributed by atoms with Crippen molar-refractivity contribution in [1.29, 1.82) is 0 Å². The number of aryl methyl sites for hydroxylation is 1. The highest BCUT2D eigenvalue weighted by Gasteiger charge is 2.18. The van der Waals surface area contributed by atoms with E-state index in [1.54, 1.807) is 17.0 Å². The Morgan fingerprint density at radius 1 is 1.10 bits per heavy atom. The van der Waals surface area contributed by atoms with Crippen molar-refractivity contribution in [3.8, 4) is 22.8 Å². The van der Waals surface area contributed by atoms with E-state index in [9.17, 15) is 9.59 Å². The molecule has 0 fully saturated rings. The second-order valence-electron chi connectivity index (χ2n) is 6.76. The number of carbonyl (C=O) groups excluding carboxylic acids is 1. The number of amides is 1. The van der Waals surface area contributed by atoms with Crippen LogP contribution in [0.15, 0.2) is 59.4 Å². The van der Waals surface area contributed by atoms with Gasteiger partial charge in [0.1, 0.15) is 6.54 Å². The van der Waals surface area contributed by atoms with E-state index in [1.165, 1.54) is 10.7 Å². The Bertz CT molecular complexity index is 1120. The van der Waals surface area contributed by atoms with Gasteiger partial charge >= 0.3 is 0 Å². The summed E-state index contributed by atoms with van der Waals surface area (Å²) in [6.07, 6.45) is 0. The number of benzene rings is 2. The number of nitrogens with zero attached hydrogens (tertiary/aromatic N) is 3. The lowest BCUT2D eigenvalue weighted by molar-refractivity contribution is -0.119. The highest BCUT2D eigenvalue weighted by atomic mass is 16.7. The lowest BCUT2D eigenvalue weighted by Gasteiger charge is -2.21. The zero-order valence-corrected chi connectivity index (χ0v) is 16.3. The third kappa shape index (κ3) is 3.85. The second kappa shape index (κ2) is 7.79. The van der Waals surface area contributed by atoms with Crippen LogP contribution in [0.25, 0.3) is 11.3 Å². The summed E-state index contributed by atoms with van der Waals surface area (Å²) in [5, 5.41) is 4.40. The molecule has 1 aliphatic rings. The van der Waals surface area contributed by atoms with Gasteiger partial charge in [-0.1, -0.05) is 12.1 Å². The van der Waals surface area contributed by atoms with Crippen LogP contribution in [0.2, 0.25) is 0 Å². The maximum atomic E-state index is 12.9. The molecule has 3 aromatic rings. The number of likely N-dealkylation sites (N-methyl/N-ethyl adjacent to an activating group) is 1. The minimum Gasteiger partial charge on any atom is -0.454 e. The monoisotopic (exact) mass is 391 g/mol. The van der Waals surface area contributed by atoms with Gasteiger partial charge in [0.2, 0.25) is 12.7 Å². The molecule has 2 aromatic carbocycles. The van der Waals surface area contributed by atoms with E-state index in [2.05, 4.69) is 5.10 Å². The van der Waals surface area contributed by atoms with Crippen molar-refractivity contribution in [1.82, 2.24) is 9.78 Å². The van der Waals surface area contributed by atoms with Crippen LogP contribution in [0.5, 0.6) is 11.5 Å². The molecular weight excluding hydrogens is 370 g/mol. The van der Waals surface area contributed by atoms with Gasteiger partial charge < -0.3 is 14.4 Å². The van der Waals surface area contributed by atoms with E-state index in [4.69, 9.17) is 9.47 Å². The Kier molecular flexibility index (Phi) is 5.03. The van der Waals surface area contributed by atoms with Gasteiger partial charge in [-0.25, -0.2) is 4.68 Å². The molecule has 0 saturated heterocycles. The van der Waals surface area contributed by atoms with Crippen LogP contribution in [-0.4, -0.2) is 29.0 Å². The van der Waals surface area contributed by atoms with Crippen LogP contribution in [0, 0.1) is 6.92 Å². The Morgan fingerprint density at radius 3 is 2.72 bits per heavy atom. The first kappa shape index (κ1) is 18.7. The van der Waals surface area contributed by atoms with Crippen LogP contribution in [0.1, 0.15) is 12.5 Å². The maximum Gasteiger partial charge on any atom is 0.267 e. The number of anilines is 1. The highest BCUT2D eigenvalue weighted by molar-refractivity contribution is 5.93. The molecule has 0 atom stereocenters. The fourth-order valence-corrected chi connectivity index (χ4v) is 3.28. The van der Waals surface area contributed by atoms with Crippen molar-refractivity contribution in [2.24, 2.45) is 0 Å². The average Bonchev–Trinajstić information content (AvgIpc) is 3.18. The molecule has 0 bridgehead atoms. The van der Waals surface area contributed by atoms with Crippen LogP contribution < -0.4 is 19.9 Å². The number of carbonyl (C=O) groups is 1. The molecule has 0 saturated carbocycles. The molecule has 0 N–H and O–H groups in total. The molecule has 29 heavy (non-hydrogen) atoms. The molecule has 0 unspecified atom stereocenters. The largest absolute Gasteiger partial charge is 0.454 e. The van der Waals surface area contributed by atoms with Crippen LogP contribution in [0.4, 0.5) is 5.69 Å². The fourth-order valence-electron chi connectivity index (χ4n) is 3.28. The fraction of sp³-hybridized carbons (Fsp3) is 0.227. The normalized spacial score (nSPS) is 12.1. The Labute approximate surface area is 168 Å². The summed E-state index contributed by atoms with van der Waals surface area (Å²) in [4.78, 5) is 26.9. The highest BCUT2D eigenvalue weighted by Crippen LogP contribution is 2.35. The summed E-state index contributed by atoms with van der Waals surface area (Å²) in [7, 11) is 0. The van der Waals surface area contributed by atoms with E-state index in [1.807, 2.05) is 50.2 Å². The first-order chi connectivity index (χ1) is 14.0. The summed E-state index contributed by atoms with van der Waals surface area (Å²) >= 11 is 0. The molecule has 2 heterocycles. The molecule has 1 amide bonds. The number of hydrogen-bond donors (Lipinski definition) is 0. The van der Waals surface area contributed by atoms with E-state index in [-0.39, 0.29) is 24.8 Å². The third-order valence-corrected chi connectivity index (χ3v) is 4.75. The molecule has 0 aliphatic carbocycles. The van der Waals surface area contributed by atoms with Gasteiger partial charge in [0.15, 0.2) is 11.5 Å². The van der Waals surface area contributed by atoms with Gasteiger partial charge in [-0.3, -0.25) is 9.59 Å². The first-order valence-corrected chi connectivity index (χ1v) is 9.40. The predicted octanol–water partition coefficient (Wildman–Crippen LogP) is 3.00.